The van der Waals surface area contributed by atoms with Crippen LogP contribution in [0.4, 0.5) is 0 Å². The molecule has 3 amide bonds. The Bertz CT molecular complexity index is 1260. The lowest BCUT2D eigenvalue weighted by atomic mass is 9.89. The van der Waals surface area contributed by atoms with Crippen LogP contribution in [0.3, 0.4) is 0 Å². The molecule has 11 nitrogen and oxygen atoms in total. The number of rotatable bonds is 9. The Morgan fingerprint density at radius 3 is 2.21 bits per heavy atom. The average molecular weight is 540 g/mol. The summed E-state index contributed by atoms with van der Waals surface area (Å²) >= 11 is 1.30. The van der Waals surface area contributed by atoms with E-state index in [0.29, 0.717) is 11.1 Å². The molecule has 0 spiro atoms. The SMILES string of the molecule is CC1(C)S[C@@H]2CC(=O)N2[C@@]1(NC(=O)C(NC(=O)CNC(=N)C(O)c1ccccc1)c1ccccc1)C(=O)O. The number of nitrogens with one attached hydrogen (secondary N) is 4. The summed E-state index contributed by atoms with van der Waals surface area (Å²) in [5, 5.41) is 36.0. The minimum atomic E-state index is -2.01. The maximum absolute atomic E-state index is 13.6. The van der Waals surface area contributed by atoms with Gasteiger partial charge >= 0.3 is 5.97 Å². The molecule has 6 N–H and O–H groups in total. The van der Waals surface area contributed by atoms with Crippen LogP contribution in [0.15, 0.2) is 60.7 Å². The second-order valence-corrected chi connectivity index (χ2v) is 11.3. The van der Waals surface area contributed by atoms with Crippen molar-refractivity contribution in [3.63, 3.8) is 0 Å². The highest BCUT2D eigenvalue weighted by Gasteiger charge is 2.70. The van der Waals surface area contributed by atoms with Crippen LogP contribution >= 0.6 is 11.8 Å². The van der Waals surface area contributed by atoms with Crippen molar-refractivity contribution in [1.29, 1.82) is 5.41 Å². The topological polar surface area (TPSA) is 172 Å². The van der Waals surface area contributed by atoms with E-state index in [9.17, 15) is 29.4 Å². The maximum atomic E-state index is 13.6. The smallest absolute Gasteiger partial charge is 0.352 e. The first kappa shape index (κ1) is 27.1. The van der Waals surface area contributed by atoms with Crippen molar-refractivity contribution in [2.45, 2.75) is 48.2 Å². The molecule has 2 aromatic carbocycles. The van der Waals surface area contributed by atoms with Crippen molar-refractivity contribution in [2.75, 3.05) is 6.54 Å². The molecule has 0 aromatic heterocycles. The molecule has 2 heterocycles. The Morgan fingerprint density at radius 2 is 1.66 bits per heavy atom. The maximum Gasteiger partial charge on any atom is 0.352 e. The van der Waals surface area contributed by atoms with E-state index in [0.717, 1.165) is 0 Å². The summed E-state index contributed by atoms with van der Waals surface area (Å²) < 4.78 is -1.05. The zero-order valence-corrected chi connectivity index (χ0v) is 21.6. The number of benzene rings is 2. The molecular weight excluding hydrogens is 510 g/mol. The molecule has 2 saturated heterocycles. The van der Waals surface area contributed by atoms with E-state index >= 15 is 0 Å². The Kier molecular flexibility index (Phi) is 7.47. The molecule has 200 valence electrons. The van der Waals surface area contributed by atoms with Crippen LogP contribution in [0.25, 0.3) is 0 Å². The summed E-state index contributed by atoms with van der Waals surface area (Å²) in [5.41, 5.74) is -1.14. The summed E-state index contributed by atoms with van der Waals surface area (Å²) in [5.74, 6) is -3.52. The van der Waals surface area contributed by atoms with Crippen molar-refractivity contribution in [3.8, 4) is 0 Å². The van der Waals surface area contributed by atoms with Crippen molar-refractivity contribution in [3.05, 3.63) is 71.8 Å². The largest absolute Gasteiger partial charge is 0.478 e. The van der Waals surface area contributed by atoms with Crippen LogP contribution in [-0.2, 0) is 19.2 Å². The van der Waals surface area contributed by atoms with Gasteiger partial charge in [-0.15, -0.1) is 11.8 Å². The van der Waals surface area contributed by atoms with Gasteiger partial charge in [-0.25, -0.2) is 4.79 Å². The molecule has 2 aromatic rings. The molecular formula is C26H29N5O6S. The van der Waals surface area contributed by atoms with E-state index in [1.54, 1.807) is 74.5 Å². The highest BCUT2D eigenvalue weighted by atomic mass is 32.2. The fraction of sp³-hybridized carbons (Fsp3) is 0.346. The number of nitrogens with zero attached hydrogens (tertiary/aromatic N) is 1. The number of hydrogen-bond donors (Lipinski definition) is 6. The quantitative estimate of drug-likeness (QED) is 0.156. The highest BCUT2D eigenvalue weighted by molar-refractivity contribution is 8.01. The van der Waals surface area contributed by atoms with Crippen LogP contribution in [-0.4, -0.2) is 67.0 Å². The third-order valence-corrected chi connectivity index (χ3v) is 8.25. The summed E-state index contributed by atoms with van der Waals surface area (Å²) in [6.07, 6.45) is -1.08. The number of β-lactam (4-membered cyclic amide) rings is 1. The lowest BCUT2D eigenvalue weighted by Gasteiger charge is -2.46. The van der Waals surface area contributed by atoms with Crippen molar-refractivity contribution in [1.82, 2.24) is 20.9 Å². The molecule has 38 heavy (non-hydrogen) atoms. The molecule has 2 fully saturated rings. The van der Waals surface area contributed by atoms with Crippen LogP contribution in [0.2, 0.25) is 0 Å². The van der Waals surface area contributed by atoms with E-state index in [1.807, 2.05) is 0 Å². The van der Waals surface area contributed by atoms with E-state index in [4.69, 9.17) is 5.41 Å². The van der Waals surface area contributed by atoms with Crippen molar-refractivity contribution >= 4 is 41.3 Å². The van der Waals surface area contributed by atoms with Gasteiger partial charge < -0.3 is 26.2 Å². The van der Waals surface area contributed by atoms with Gasteiger partial charge in [0.05, 0.1) is 23.1 Å². The number of amidine groups is 1. The molecule has 2 unspecified atom stereocenters. The van der Waals surface area contributed by atoms with Gasteiger partial charge in [0.2, 0.25) is 23.4 Å². The van der Waals surface area contributed by atoms with Crippen molar-refractivity contribution in [2.24, 2.45) is 0 Å². The van der Waals surface area contributed by atoms with Gasteiger partial charge in [-0.1, -0.05) is 60.7 Å². The number of carboxylic acids is 1. The fourth-order valence-electron chi connectivity index (χ4n) is 4.71. The van der Waals surface area contributed by atoms with E-state index in [2.05, 4.69) is 16.0 Å². The number of amides is 3. The number of carbonyl (C=O) groups excluding carboxylic acids is 3. The normalized spacial score (nSPS) is 22.9. The molecule has 0 radical (unpaired) electrons. The fourth-order valence-corrected chi connectivity index (χ4v) is 6.40. The molecule has 0 bridgehead atoms. The summed E-state index contributed by atoms with van der Waals surface area (Å²) in [4.78, 5) is 52.6. The molecule has 0 saturated carbocycles. The van der Waals surface area contributed by atoms with Gasteiger partial charge in [0.1, 0.15) is 18.0 Å². The molecule has 2 aliphatic rings. The first-order valence-corrected chi connectivity index (χ1v) is 12.8. The Labute approximate surface area is 223 Å². The number of aliphatic hydroxyl groups excluding tert-OH is 1. The Hall–Kier alpha value is -3.90. The second-order valence-electron chi connectivity index (χ2n) is 9.55. The Morgan fingerprint density at radius 1 is 1.08 bits per heavy atom. The zero-order valence-electron chi connectivity index (χ0n) is 20.8. The number of aliphatic hydroxyl groups is 1. The number of fused-ring (bicyclic) bond motifs is 1. The summed E-state index contributed by atoms with van der Waals surface area (Å²) in [6, 6.07) is 15.5. The number of aliphatic carboxylic acids is 1. The lowest BCUT2D eigenvalue weighted by Crippen LogP contribution is -2.75. The first-order chi connectivity index (χ1) is 18.0. The predicted octanol–water partition coefficient (Wildman–Crippen LogP) is 1.13. The predicted molar refractivity (Wildman–Crippen MR) is 140 cm³/mol. The second kappa shape index (κ2) is 10.5. The lowest BCUT2D eigenvalue weighted by molar-refractivity contribution is -0.173. The van der Waals surface area contributed by atoms with Crippen LogP contribution in [0.5, 0.6) is 0 Å². The van der Waals surface area contributed by atoms with Gasteiger partial charge in [0, 0.05) is 0 Å². The third kappa shape index (κ3) is 4.84. The third-order valence-electron chi connectivity index (χ3n) is 6.71. The average Bonchev–Trinajstić information content (AvgIpc) is 3.08. The zero-order chi connectivity index (χ0) is 27.7. The first-order valence-electron chi connectivity index (χ1n) is 11.9. The minimum Gasteiger partial charge on any atom is -0.478 e. The van der Waals surface area contributed by atoms with Gasteiger partial charge in [-0.3, -0.25) is 24.7 Å². The van der Waals surface area contributed by atoms with Gasteiger partial charge in [0.15, 0.2) is 0 Å². The van der Waals surface area contributed by atoms with Gasteiger partial charge in [-0.2, -0.15) is 0 Å². The van der Waals surface area contributed by atoms with Gasteiger partial charge in [0.25, 0.3) is 0 Å². The summed E-state index contributed by atoms with van der Waals surface area (Å²) in [7, 11) is 0. The van der Waals surface area contributed by atoms with Crippen LogP contribution in [0.1, 0.15) is 43.5 Å². The molecule has 12 heteroatoms. The molecule has 2 aliphatic heterocycles. The monoisotopic (exact) mass is 539 g/mol. The standard InChI is InChI=1S/C26H29N5O6S/c1-25(2)26(24(36)37,31-18(33)13-19(31)38-25)30-23(35)20(15-9-5-3-6-10-15)29-17(32)14-28-22(27)21(34)16-11-7-4-8-12-16/h3-12,19-21,34H,13-14H2,1-2H3,(H2,27,28)(H,29,32)(H,30,35)(H,36,37)/t19-,20?,21?,26+/m1/s1. The minimum absolute atomic E-state index is 0.185. The number of hydrogen-bond acceptors (Lipinski definition) is 7. The van der Waals surface area contributed by atoms with Crippen molar-refractivity contribution < 1.29 is 29.4 Å². The van der Waals surface area contributed by atoms with Crippen LogP contribution < -0.4 is 16.0 Å². The number of carbonyl (C=O) groups is 4. The van der Waals surface area contributed by atoms with Gasteiger partial charge in [-0.05, 0) is 25.0 Å². The van der Waals surface area contributed by atoms with E-state index in [-0.39, 0.29) is 23.5 Å². The molecule has 4 atom stereocenters. The number of thioether (sulfide) groups is 1. The van der Waals surface area contributed by atoms with Crippen LogP contribution in [0, 0.1) is 5.41 Å². The Balaban J connectivity index is 1.51. The molecule has 4 rings (SSSR count). The summed E-state index contributed by atoms with van der Waals surface area (Å²) in [6.45, 7) is 2.89. The highest BCUT2D eigenvalue weighted by Crippen LogP contribution is 2.55. The number of carboxylic acid groups (broad SMARTS) is 1. The van der Waals surface area contributed by atoms with E-state index < -0.39 is 46.9 Å². The molecule has 0 aliphatic carbocycles. The van der Waals surface area contributed by atoms with E-state index in [1.165, 1.54) is 16.7 Å².